The van der Waals surface area contributed by atoms with Gasteiger partial charge in [-0.15, -0.1) is 24.8 Å². The number of benzene rings is 3. The van der Waals surface area contributed by atoms with Crippen LogP contribution in [0.2, 0.25) is 4.63 Å². The van der Waals surface area contributed by atoms with Gasteiger partial charge in [0.2, 0.25) is 0 Å². The fourth-order valence-corrected chi connectivity index (χ4v) is 20.1. The van der Waals surface area contributed by atoms with E-state index in [9.17, 15) is 0 Å². The molecule has 0 nitrogen and oxygen atoms in total. The van der Waals surface area contributed by atoms with Crippen molar-refractivity contribution in [2.24, 2.45) is 11.3 Å². The molecular formula is C36H42Cl2Zr. The summed E-state index contributed by atoms with van der Waals surface area (Å²) in [4.78, 5) is 0. The number of fused-ring (bicyclic) bond motifs is 3. The zero-order chi connectivity index (χ0) is 26.6. The van der Waals surface area contributed by atoms with Crippen molar-refractivity contribution in [2.75, 3.05) is 0 Å². The van der Waals surface area contributed by atoms with E-state index in [1.165, 1.54) is 45.5 Å². The molecule has 0 spiro atoms. The van der Waals surface area contributed by atoms with Gasteiger partial charge >= 0.3 is 226 Å². The summed E-state index contributed by atoms with van der Waals surface area (Å²) < 4.78 is 12.5. The minimum atomic E-state index is -4.32. The van der Waals surface area contributed by atoms with Crippen LogP contribution in [0.4, 0.5) is 0 Å². The minimum absolute atomic E-state index is 0. The normalized spacial score (nSPS) is 16.2. The van der Waals surface area contributed by atoms with Gasteiger partial charge < -0.3 is 0 Å². The molecule has 3 aromatic carbocycles. The number of hydrogen-bond acceptors (Lipinski definition) is 0. The average molecular weight is 637 g/mol. The van der Waals surface area contributed by atoms with E-state index in [4.69, 9.17) is 4.21 Å². The van der Waals surface area contributed by atoms with Crippen molar-refractivity contribution in [3.63, 3.8) is 0 Å². The molecule has 0 saturated heterocycles. The van der Waals surface area contributed by atoms with E-state index < -0.39 is 18.3 Å². The number of allylic oxidation sites excluding steroid dienone is 4. The third-order valence-electron chi connectivity index (χ3n) is 9.00. The van der Waals surface area contributed by atoms with Crippen LogP contribution >= 0.6 is 24.8 Å². The number of halogens is 2. The van der Waals surface area contributed by atoms with E-state index in [0.29, 0.717) is 5.92 Å². The fourth-order valence-electron chi connectivity index (χ4n) is 6.66. The molecule has 39 heavy (non-hydrogen) atoms. The van der Waals surface area contributed by atoms with Crippen molar-refractivity contribution < 1.29 is 18.3 Å². The molecule has 0 aliphatic heterocycles. The summed E-state index contributed by atoms with van der Waals surface area (Å²) in [6.45, 7) is 17.6. The van der Waals surface area contributed by atoms with Crippen LogP contribution in [0.15, 0.2) is 94.8 Å². The maximum atomic E-state index is 5.45. The Hall–Kier alpha value is -2.05. The zero-order valence-corrected chi connectivity index (χ0v) is 28.1. The Labute approximate surface area is 249 Å². The summed E-state index contributed by atoms with van der Waals surface area (Å²) in [6, 6.07) is 22.8. The van der Waals surface area contributed by atoms with E-state index in [1.54, 1.807) is 3.28 Å². The van der Waals surface area contributed by atoms with Gasteiger partial charge in [-0.3, -0.25) is 0 Å². The van der Waals surface area contributed by atoms with Gasteiger partial charge in [-0.25, -0.2) is 0 Å². The molecule has 5 rings (SSSR count). The van der Waals surface area contributed by atoms with Crippen molar-refractivity contribution >= 4 is 47.7 Å². The molecule has 2 aliphatic rings. The first kappa shape index (κ1) is 31.5. The number of rotatable bonds is 6. The van der Waals surface area contributed by atoms with Crippen LogP contribution < -0.4 is 6.54 Å². The molecule has 0 heterocycles. The molecule has 0 bridgehead atoms. The smallest absolute Gasteiger partial charge is 0.147 e. The second kappa shape index (κ2) is 11.1. The quantitative estimate of drug-likeness (QED) is 0.198. The second-order valence-corrected chi connectivity index (χ2v) is 26.5. The van der Waals surface area contributed by atoms with Gasteiger partial charge in [0.15, 0.2) is 0 Å². The van der Waals surface area contributed by atoms with Gasteiger partial charge in [-0.05, 0) is 0 Å². The van der Waals surface area contributed by atoms with Gasteiger partial charge in [0.25, 0.3) is 0 Å². The standard InChI is InChI=1S/C17H13.C11H17.C6H5.CH3.CH2.2ClH.Zr/c1-3-12-5-7-14-11-15-8-6-13(4-2)10-17(15)16(14)9-12;1-5-9-6-7-10(8-9)11(2,3)4;1-2-4-6-5-3-1;;;;;/h3-7,9-10H,1-2,11H2;7-9H,5H2,1-4H3;1-5H;1H3;1H2;2*1H;. The molecule has 1 atom stereocenters. The van der Waals surface area contributed by atoms with E-state index >= 15 is 0 Å². The molecule has 0 radical (unpaired) electrons. The Morgan fingerprint density at radius 2 is 1.54 bits per heavy atom. The molecule has 0 amide bonds. The summed E-state index contributed by atoms with van der Waals surface area (Å²) >= 11 is -4.32. The first-order valence-corrected chi connectivity index (χ1v) is 21.5. The summed E-state index contributed by atoms with van der Waals surface area (Å²) in [6.07, 6.45) is 11.1. The third-order valence-corrected chi connectivity index (χ3v) is 23.4. The second-order valence-electron chi connectivity index (χ2n) is 12.5. The minimum Gasteiger partial charge on any atom is -0.147 e. The Kier molecular flexibility index (Phi) is 8.95. The van der Waals surface area contributed by atoms with Crippen LogP contribution in [0.5, 0.6) is 0 Å². The average Bonchev–Trinajstić information content (AvgIpc) is 3.51. The van der Waals surface area contributed by atoms with Crippen LogP contribution in [0.25, 0.3) is 23.3 Å². The van der Waals surface area contributed by atoms with Crippen LogP contribution in [-0.4, -0.2) is 4.21 Å². The Morgan fingerprint density at radius 3 is 2.13 bits per heavy atom. The molecule has 2 aliphatic carbocycles. The van der Waals surface area contributed by atoms with Crippen molar-refractivity contribution in [3.8, 4) is 11.1 Å². The molecule has 0 aromatic heterocycles. The third kappa shape index (κ3) is 5.01. The van der Waals surface area contributed by atoms with E-state index in [-0.39, 0.29) is 30.2 Å². The van der Waals surface area contributed by atoms with Gasteiger partial charge in [0, 0.05) is 0 Å². The number of hydrogen-bond donors (Lipinski definition) is 0. The van der Waals surface area contributed by atoms with Crippen molar-refractivity contribution in [1.29, 1.82) is 0 Å². The summed E-state index contributed by atoms with van der Waals surface area (Å²) in [7, 11) is 0. The summed E-state index contributed by atoms with van der Waals surface area (Å²) in [5.74, 6) is 0.418. The maximum absolute atomic E-state index is 5.45. The Balaban J connectivity index is 0.00000210. The monoisotopic (exact) mass is 634 g/mol. The van der Waals surface area contributed by atoms with Crippen LogP contribution in [0, 0.1) is 11.3 Å². The molecule has 204 valence electrons. The zero-order valence-electron chi connectivity index (χ0n) is 24.0. The molecular weight excluding hydrogens is 595 g/mol. The largest absolute Gasteiger partial charge is 0.147 e. The van der Waals surface area contributed by atoms with Crippen LogP contribution in [-0.2, 0) is 24.7 Å². The Bertz CT molecular complexity index is 1560. The summed E-state index contributed by atoms with van der Waals surface area (Å²) in [5.41, 5.74) is 9.46. The predicted molar refractivity (Wildman–Crippen MR) is 177 cm³/mol. The molecule has 0 N–H and O–H groups in total. The topological polar surface area (TPSA) is 0 Å². The van der Waals surface area contributed by atoms with Gasteiger partial charge in [0.05, 0.1) is 0 Å². The van der Waals surface area contributed by atoms with Crippen molar-refractivity contribution in [3.05, 3.63) is 117 Å². The predicted octanol–water partition coefficient (Wildman–Crippen LogP) is 9.40. The first-order valence-electron chi connectivity index (χ1n) is 13.6. The fraction of sp³-hybridized carbons (Fsp3) is 0.250. The van der Waals surface area contributed by atoms with E-state index in [1.807, 2.05) is 12.2 Å². The Morgan fingerprint density at radius 1 is 0.897 bits per heavy atom. The van der Waals surface area contributed by atoms with E-state index in [2.05, 4.69) is 118 Å². The molecule has 3 heteroatoms. The molecule has 1 unspecified atom stereocenters. The first-order chi connectivity index (χ1) is 17.5. The van der Waals surface area contributed by atoms with Gasteiger partial charge in [0.1, 0.15) is 0 Å². The maximum Gasteiger partial charge on any atom is -0.147 e. The SMILES string of the molecule is C=Cc1ccc2c(c1)-c1cc(C=C)c[c]([Zr](=[CH2])([CH3])([C]3=CC(C(C)(C)C)=CC3CC)[c]3ccccc3)c1C2.Cl.Cl. The molecule has 0 saturated carbocycles. The van der Waals surface area contributed by atoms with Crippen molar-refractivity contribution in [2.45, 2.75) is 45.2 Å². The van der Waals surface area contributed by atoms with Gasteiger partial charge in [-0.2, -0.15) is 0 Å². The molecule has 3 aromatic rings. The van der Waals surface area contributed by atoms with Gasteiger partial charge in [-0.1, -0.05) is 0 Å². The van der Waals surface area contributed by atoms with Crippen LogP contribution in [0.3, 0.4) is 0 Å². The van der Waals surface area contributed by atoms with E-state index in [0.717, 1.165) is 12.8 Å². The van der Waals surface area contributed by atoms with Crippen LogP contribution in [0.1, 0.15) is 56.4 Å². The molecule has 0 fully saturated rings. The van der Waals surface area contributed by atoms with Crippen molar-refractivity contribution in [1.82, 2.24) is 0 Å². The summed E-state index contributed by atoms with van der Waals surface area (Å²) in [5, 5.41) is 0.